The van der Waals surface area contributed by atoms with E-state index in [0.29, 0.717) is 17.3 Å². The summed E-state index contributed by atoms with van der Waals surface area (Å²) >= 11 is 6.62. The van der Waals surface area contributed by atoms with E-state index in [1.54, 1.807) is 11.0 Å². The average Bonchev–Trinajstić information content (AvgIpc) is 2.95. The predicted molar refractivity (Wildman–Crippen MR) is 110 cm³/mol. The summed E-state index contributed by atoms with van der Waals surface area (Å²) in [5.41, 5.74) is 2.46. The van der Waals surface area contributed by atoms with E-state index in [2.05, 4.69) is 5.32 Å². The fourth-order valence-electron chi connectivity index (χ4n) is 3.60. The highest BCUT2D eigenvalue weighted by Crippen LogP contribution is 2.38. The molecular formula is C21H20ClN3O4. The molecule has 8 heteroatoms. The number of halogens is 1. The van der Waals surface area contributed by atoms with Crippen LogP contribution in [0, 0.1) is 0 Å². The summed E-state index contributed by atoms with van der Waals surface area (Å²) in [5, 5.41) is 2.73. The van der Waals surface area contributed by atoms with E-state index in [4.69, 9.17) is 16.3 Å². The van der Waals surface area contributed by atoms with Gasteiger partial charge in [-0.1, -0.05) is 35.9 Å². The molecule has 4 amide bonds. The first-order valence-corrected chi connectivity index (χ1v) is 9.63. The van der Waals surface area contributed by atoms with Crippen molar-refractivity contribution in [1.29, 1.82) is 0 Å². The van der Waals surface area contributed by atoms with Crippen molar-refractivity contribution in [3.63, 3.8) is 0 Å². The standard InChI is InChI=1S/C21H20ClN3O4/c1-21(2)12-29-20(28)25(21)14-8-6-13(7-9-14)15-4-3-5-16(18(15)22)24-11-10-17(26)23-19(24)27/h3-9H,10-12H2,1-2H3,(H,23,26,27). The first kappa shape index (κ1) is 19.3. The molecule has 0 radical (unpaired) electrons. The van der Waals surface area contributed by atoms with Crippen molar-refractivity contribution in [2.75, 3.05) is 23.0 Å². The van der Waals surface area contributed by atoms with Gasteiger partial charge in [0.25, 0.3) is 0 Å². The molecule has 29 heavy (non-hydrogen) atoms. The number of imide groups is 1. The second-order valence-electron chi connectivity index (χ2n) is 7.64. The summed E-state index contributed by atoms with van der Waals surface area (Å²) in [5.74, 6) is -0.294. The number of benzene rings is 2. The van der Waals surface area contributed by atoms with E-state index >= 15 is 0 Å². The summed E-state index contributed by atoms with van der Waals surface area (Å²) in [6.45, 7) is 4.50. The van der Waals surface area contributed by atoms with Gasteiger partial charge in [0, 0.05) is 24.2 Å². The highest BCUT2D eigenvalue weighted by molar-refractivity contribution is 6.36. The number of rotatable bonds is 3. The smallest absolute Gasteiger partial charge is 0.414 e. The molecule has 0 atom stereocenters. The van der Waals surface area contributed by atoms with Gasteiger partial charge >= 0.3 is 12.1 Å². The lowest BCUT2D eigenvalue weighted by molar-refractivity contribution is -0.120. The topological polar surface area (TPSA) is 79.0 Å². The summed E-state index contributed by atoms with van der Waals surface area (Å²) in [6, 6.07) is 12.4. The summed E-state index contributed by atoms with van der Waals surface area (Å²) in [7, 11) is 0. The molecule has 2 aromatic carbocycles. The molecule has 0 saturated carbocycles. The lowest BCUT2D eigenvalue weighted by atomic mass is 10.0. The van der Waals surface area contributed by atoms with Crippen LogP contribution in [0.15, 0.2) is 42.5 Å². The number of nitrogens with zero attached hydrogens (tertiary/aromatic N) is 2. The Hall–Kier alpha value is -3.06. The Kier molecular flexibility index (Phi) is 4.70. The largest absolute Gasteiger partial charge is 0.447 e. The SMILES string of the molecule is CC1(C)COC(=O)N1c1ccc(-c2cccc(N3CCC(=O)NC3=O)c2Cl)cc1. The lowest BCUT2D eigenvalue weighted by Crippen LogP contribution is -2.49. The third kappa shape index (κ3) is 3.42. The van der Waals surface area contributed by atoms with Gasteiger partial charge in [-0.3, -0.25) is 19.9 Å². The van der Waals surface area contributed by atoms with Crippen LogP contribution in [0.2, 0.25) is 5.02 Å². The molecule has 0 aliphatic carbocycles. The molecule has 2 aliphatic heterocycles. The van der Waals surface area contributed by atoms with Crippen molar-refractivity contribution in [2.24, 2.45) is 0 Å². The van der Waals surface area contributed by atoms with E-state index in [1.165, 1.54) is 4.90 Å². The molecule has 0 spiro atoms. The van der Waals surface area contributed by atoms with E-state index in [1.807, 2.05) is 50.2 Å². The van der Waals surface area contributed by atoms with Crippen LogP contribution in [0.25, 0.3) is 11.1 Å². The Morgan fingerprint density at radius 1 is 1.07 bits per heavy atom. The maximum atomic E-state index is 12.2. The maximum absolute atomic E-state index is 12.2. The number of amides is 4. The Morgan fingerprint density at radius 2 is 1.79 bits per heavy atom. The maximum Gasteiger partial charge on any atom is 0.414 e. The van der Waals surface area contributed by atoms with Gasteiger partial charge in [0.1, 0.15) is 6.61 Å². The number of hydrogen-bond acceptors (Lipinski definition) is 4. The van der Waals surface area contributed by atoms with Crippen molar-refractivity contribution in [1.82, 2.24) is 5.32 Å². The Morgan fingerprint density at radius 3 is 2.41 bits per heavy atom. The first-order valence-electron chi connectivity index (χ1n) is 9.25. The number of cyclic esters (lactones) is 1. The molecule has 1 N–H and O–H groups in total. The average molecular weight is 414 g/mol. The molecule has 0 aromatic heterocycles. The summed E-state index contributed by atoms with van der Waals surface area (Å²) < 4.78 is 5.17. The van der Waals surface area contributed by atoms with Gasteiger partial charge in [0.15, 0.2) is 0 Å². The number of carbonyl (C=O) groups excluding carboxylic acids is 3. The van der Waals surface area contributed by atoms with Gasteiger partial charge in [-0.15, -0.1) is 0 Å². The zero-order chi connectivity index (χ0) is 20.8. The van der Waals surface area contributed by atoms with E-state index in [0.717, 1.165) is 16.8 Å². The minimum absolute atomic E-state index is 0.225. The normalized spacial score (nSPS) is 18.7. The fraction of sp³-hybridized carbons (Fsp3) is 0.286. The number of hydrogen-bond donors (Lipinski definition) is 1. The molecule has 2 saturated heterocycles. The highest BCUT2D eigenvalue weighted by atomic mass is 35.5. The van der Waals surface area contributed by atoms with Gasteiger partial charge in [0.05, 0.1) is 16.2 Å². The number of urea groups is 1. The number of ether oxygens (including phenoxy) is 1. The summed E-state index contributed by atoms with van der Waals surface area (Å²) in [4.78, 5) is 38.8. The highest BCUT2D eigenvalue weighted by Gasteiger charge is 2.40. The molecule has 2 aliphatic rings. The Balaban J connectivity index is 1.65. The minimum atomic E-state index is -0.481. The van der Waals surface area contributed by atoms with E-state index in [-0.39, 0.29) is 25.0 Å². The molecular weight excluding hydrogens is 394 g/mol. The second kappa shape index (κ2) is 7.08. The van der Waals surface area contributed by atoms with E-state index in [9.17, 15) is 14.4 Å². The molecule has 2 aromatic rings. The van der Waals surface area contributed by atoms with Crippen LogP contribution in [-0.2, 0) is 9.53 Å². The van der Waals surface area contributed by atoms with Crippen molar-refractivity contribution in [2.45, 2.75) is 25.8 Å². The molecule has 0 unspecified atom stereocenters. The Labute approximate surface area is 173 Å². The monoisotopic (exact) mass is 413 g/mol. The van der Waals surface area contributed by atoms with Crippen LogP contribution in [0.1, 0.15) is 20.3 Å². The van der Waals surface area contributed by atoms with Gasteiger partial charge < -0.3 is 4.74 Å². The summed E-state index contributed by atoms with van der Waals surface area (Å²) in [6.07, 6.45) is -0.142. The second-order valence-corrected chi connectivity index (χ2v) is 8.02. The quantitative estimate of drug-likeness (QED) is 0.818. The minimum Gasteiger partial charge on any atom is -0.447 e. The molecule has 4 rings (SSSR count). The van der Waals surface area contributed by atoms with Gasteiger partial charge in [-0.05, 0) is 37.6 Å². The number of anilines is 2. The molecule has 2 fully saturated rings. The van der Waals surface area contributed by atoms with Gasteiger partial charge in [-0.25, -0.2) is 9.59 Å². The van der Waals surface area contributed by atoms with Crippen LogP contribution in [0.3, 0.4) is 0 Å². The molecule has 150 valence electrons. The van der Waals surface area contributed by atoms with Crippen molar-refractivity contribution in [3.05, 3.63) is 47.5 Å². The molecule has 2 heterocycles. The van der Waals surface area contributed by atoms with Gasteiger partial charge in [0.2, 0.25) is 5.91 Å². The third-order valence-corrected chi connectivity index (χ3v) is 5.49. The third-order valence-electron chi connectivity index (χ3n) is 5.10. The van der Waals surface area contributed by atoms with Crippen molar-refractivity contribution >= 4 is 41.0 Å². The zero-order valence-corrected chi connectivity index (χ0v) is 16.8. The Bertz CT molecular complexity index is 1000. The zero-order valence-electron chi connectivity index (χ0n) is 16.1. The van der Waals surface area contributed by atoms with Crippen molar-refractivity contribution in [3.8, 4) is 11.1 Å². The van der Waals surface area contributed by atoms with Crippen LogP contribution in [-0.4, -0.2) is 36.7 Å². The van der Waals surface area contributed by atoms with Crippen molar-refractivity contribution < 1.29 is 19.1 Å². The lowest BCUT2D eigenvalue weighted by Gasteiger charge is -2.28. The first-order chi connectivity index (χ1) is 13.8. The molecule has 0 bridgehead atoms. The van der Waals surface area contributed by atoms with Crippen LogP contribution in [0.5, 0.6) is 0 Å². The van der Waals surface area contributed by atoms with Crippen LogP contribution in [0.4, 0.5) is 21.0 Å². The van der Waals surface area contributed by atoms with E-state index < -0.39 is 11.6 Å². The predicted octanol–water partition coefficient (Wildman–Crippen LogP) is 4.19. The number of carbonyl (C=O) groups is 3. The van der Waals surface area contributed by atoms with Crippen LogP contribution < -0.4 is 15.1 Å². The fourth-order valence-corrected chi connectivity index (χ4v) is 3.94. The molecule has 7 nitrogen and oxygen atoms in total. The van der Waals surface area contributed by atoms with Gasteiger partial charge in [-0.2, -0.15) is 0 Å². The van der Waals surface area contributed by atoms with Crippen LogP contribution >= 0.6 is 11.6 Å². The number of nitrogens with one attached hydrogen (secondary N) is 1.